The first-order valence-electron chi connectivity index (χ1n) is 28.7. The third kappa shape index (κ3) is 14.6. The number of halogens is 11. The zero-order valence-corrected chi connectivity index (χ0v) is 52.5. The molecule has 10 atom stereocenters. The summed E-state index contributed by atoms with van der Waals surface area (Å²) in [4.78, 5) is 36.6. The largest absolute Gasteiger partial charge is 0.418 e. The van der Waals surface area contributed by atoms with Crippen molar-refractivity contribution in [1.82, 2.24) is 70.2 Å². The van der Waals surface area contributed by atoms with E-state index in [1.54, 1.807) is 56.3 Å². The number of hydrogen-bond donors (Lipinski definition) is 6. The second-order valence-electron chi connectivity index (χ2n) is 22.1. The molecule has 2 amide bonds. The van der Waals surface area contributed by atoms with E-state index < -0.39 is 150 Å². The predicted molar refractivity (Wildman–Crippen MR) is 322 cm³/mol. The van der Waals surface area contributed by atoms with Crippen LogP contribution < -0.4 is 10.6 Å². The quantitative estimate of drug-likeness (QED) is 0.0311. The van der Waals surface area contributed by atoms with Gasteiger partial charge < -0.3 is 50.0 Å². The second-order valence-corrected chi connectivity index (χ2v) is 23.7. The van der Waals surface area contributed by atoms with Crippen LogP contribution in [0.1, 0.15) is 69.8 Å². The Hall–Kier alpha value is -8.05. The molecule has 500 valence electrons. The molecule has 0 bridgehead atoms. The molecule has 0 saturated carbocycles. The van der Waals surface area contributed by atoms with E-state index in [9.17, 15) is 60.7 Å². The van der Waals surface area contributed by atoms with E-state index in [2.05, 4.69) is 51.4 Å². The van der Waals surface area contributed by atoms with E-state index in [1.165, 1.54) is 24.0 Å². The van der Waals surface area contributed by atoms with Gasteiger partial charge in [-0.2, -0.15) is 23.4 Å². The minimum atomic E-state index is -4.95. The summed E-state index contributed by atoms with van der Waals surface area (Å²) >= 11 is 24.1. The Morgan fingerprint density at radius 3 is 1.40 bits per heavy atom. The van der Waals surface area contributed by atoms with Crippen LogP contribution in [0.4, 0.5) is 30.7 Å². The highest BCUT2D eigenvalue weighted by Gasteiger charge is 2.52. The monoisotopic (exact) mass is 1400 g/mol. The van der Waals surface area contributed by atoms with Crippen LogP contribution in [0.2, 0.25) is 20.1 Å². The maximum Gasteiger partial charge on any atom is 0.418 e. The molecule has 10 unspecified atom stereocenters. The first-order chi connectivity index (χ1) is 45.3. The van der Waals surface area contributed by atoms with Crippen LogP contribution in [-0.2, 0) is 47.8 Å². The van der Waals surface area contributed by atoms with Crippen molar-refractivity contribution in [3.63, 3.8) is 0 Å². The number of benzene rings is 5. The summed E-state index contributed by atoms with van der Waals surface area (Å²) in [6, 6.07) is 15.2. The Morgan fingerprint density at radius 2 is 0.989 bits per heavy atom. The lowest BCUT2D eigenvalue weighted by Gasteiger charge is -2.43. The van der Waals surface area contributed by atoms with Crippen LogP contribution in [0.25, 0.3) is 33.9 Å². The lowest BCUT2D eigenvalue weighted by Crippen LogP contribution is -2.54. The number of hydrogen-bond acceptors (Lipinski definition) is 18. The van der Waals surface area contributed by atoms with E-state index in [0.717, 1.165) is 56.5 Å². The van der Waals surface area contributed by atoms with Crippen LogP contribution in [0.5, 0.6) is 0 Å². The van der Waals surface area contributed by atoms with Gasteiger partial charge in [-0.1, -0.05) is 87.2 Å². The molecule has 2 aliphatic rings. The molecular weight excluding hydrogens is 1350 g/mol. The molecule has 95 heavy (non-hydrogen) atoms. The average Bonchev–Trinajstić information content (AvgIpc) is 1.58. The predicted octanol–water partition coefficient (Wildman–Crippen LogP) is 7.95. The van der Waals surface area contributed by atoms with Crippen LogP contribution in [0, 0.1) is 44.0 Å². The lowest BCUT2D eigenvalue weighted by molar-refractivity contribution is -0.223. The first-order valence-corrected chi connectivity index (χ1v) is 30.2. The average molecular weight is 1400 g/mol. The summed E-state index contributed by atoms with van der Waals surface area (Å²) in [5.74, 6) is -5.89. The highest BCUT2D eigenvalue weighted by Crippen LogP contribution is 2.44. The number of nitrogens with zero attached hydrogens (tertiary/aromatic N) is 12. The first kappa shape index (κ1) is 68.3. The van der Waals surface area contributed by atoms with Crippen molar-refractivity contribution < 1.29 is 79.7 Å². The van der Waals surface area contributed by atoms with Crippen LogP contribution in [0.3, 0.4) is 0 Å². The Kier molecular flexibility index (Phi) is 20.4. The van der Waals surface area contributed by atoms with Gasteiger partial charge in [-0.05, 0) is 92.1 Å². The smallest absolute Gasteiger partial charge is 0.394 e. The number of aliphatic hydroxyl groups is 4. The van der Waals surface area contributed by atoms with E-state index >= 15 is 0 Å². The summed E-state index contributed by atoms with van der Waals surface area (Å²) in [6.45, 7) is 1.50. The van der Waals surface area contributed by atoms with Gasteiger partial charge in [0.25, 0.3) is 0 Å². The number of amides is 2. The summed E-state index contributed by atoms with van der Waals surface area (Å²) < 4.78 is 132. The topological polar surface area (TPSA) is 299 Å². The molecule has 2 fully saturated rings. The van der Waals surface area contributed by atoms with E-state index in [-0.39, 0.29) is 63.9 Å². The van der Waals surface area contributed by atoms with Crippen molar-refractivity contribution in [2.45, 2.75) is 101 Å². The minimum Gasteiger partial charge on any atom is -0.394 e. The molecule has 2 saturated heterocycles. The van der Waals surface area contributed by atoms with Gasteiger partial charge >= 0.3 is 6.18 Å². The molecular formula is C60H53Cl4F7N14O10. The highest BCUT2D eigenvalue weighted by atomic mass is 35.5. The van der Waals surface area contributed by atoms with Crippen molar-refractivity contribution in [3.05, 3.63) is 186 Å². The fraction of sp³-hybridized carbons (Fsp3) is 0.333. The SMILES string of the molecule is Cc1nc(C2OC(CO)C(O)C(n3cc(-c4cc(F)c(Cl)c(F)c4)nn3)C2OCC(=O)NCc2ccc(CNC(=O)COC3C(c4nc(C)nn4-c4cc(Cl)ccc4C(F)(F)F)OC(CO)C(O)C3n3cc(-c4cc(F)c(Cl)c(F)c4)nn3)cc2)n(-c2cc(Cl)ccc2C)n1. The summed E-state index contributed by atoms with van der Waals surface area (Å²) in [5, 5.41) is 74.2. The normalized spacial score (nSPS) is 21.5. The Morgan fingerprint density at radius 1 is 0.589 bits per heavy atom. The number of nitrogens with one attached hydrogen (secondary N) is 2. The summed E-state index contributed by atoms with van der Waals surface area (Å²) in [7, 11) is 0. The number of rotatable bonds is 20. The molecule has 0 radical (unpaired) electrons. The molecule has 0 spiro atoms. The van der Waals surface area contributed by atoms with Crippen molar-refractivity contribution in [1.29, 1.82) is 0 Å². The molecule has 35 heteroatoms. The van der Waals surface area contributed by atoms with E-state index in [0.29, 0.717) is 27.4 Å². The molecule has 6 N–H and O–H groups in total. The van der Waals surface area contributed by atoms with Gasteiger partial charge in [0, 0.05) is 34.3 Å². The molecule has 4 aromatic heterocycles. The van der Waals surface area contributed by atoms with Crippen molar-refractivity contribution in [3.8, 4) is 33.9 Å². The maximum absolute atomic E-state index is 14.7. The Bertz CT molecular complexity index is 4270. The number of aliphatic hydroxyl groups excluding tert-OH is 4. The van der Waals surface area contributed by atoms with Gasteiger partial charge in [0.1, 0.15) is 130 Å². The number of alkyl halides is 3. The number of aromatic nitrogens is 12. The molecule has 24 nitrogen and oxygen atoms in total. The molecule has 11 rings (SSSR count). The Balaban J connectivity index is 0.798. The lowest BCUT2D eigenvalue weighted by atomic mass is 9.91. The van der Waals surface area contributed by atoms with Crippen molar-refractivity contribution in [2.24, 2.45) is 0 Å². The third-order valence-corrected chi connectivity index (χ3v) is 16.8. The van der Waals surface area contributed by atoms with Crippen molar-refractivity contribution in [2.75, 3.05) is 26.4 Å². The fourth-order valence-electron chi connectivity index (χ4n) is 11.0. The number of aryl methyl sites for hydroxylation is 3. The highest BCUT2D eigenvalue weighted by molar-refractivity contribution is 6.31. The van der Waals surface area contributed by atoms with Gasteiger partial charge in [0.2, 0.25) is 11.8 Å². The summed E-state index contributed by atoms with van der Waals surface area (Å²) in [6.07, 6.45) is -14.8. The molecule has 5 aromatic carbocycles. The number of ether oxygens (including phenoxy) is 4. The van der Waals surface area contributed by atoms with Gasteiger partial charge in [-0.15, -0.1) is 10.2 Å². The minimum absolute atomic E-state index is 0.0454. The van der Waals surface area contributed by atoms with Gasteiger partial charge in [0.15, 0.2) is 11.6 Å². The number of carbonyl (C=O) groups is 2. The van der Waals surface area contributed by atoms with E-state index in [4.69, 9.17) is 65.4 Å². The third-order valence-electron chi connectivity index (χ3n) is 15.6. The molecule has 0 aliphatic carbocycles. The fourth-order valence-corrected chi connectivity index (χ4v) is 11.6. The molecule has 6 heterocycles. The van der Waals surface area contributed by atoms with Gasteiger partial charge in [-0.3, -0.25) is 9.59 Å². The standard InChI is InChI=1S/C60H53Cl4F7N14O10/c1-26-4-9-33(61)16-42(26)84-58(74-27(2)78-84)56-54(50(52(90)44(22-86)94-56)82-20-40(76-80-82)31-12-36(65)48(63)37(66)13-31)92-24-46(88)72-18-29-5-7-30(8-6-29)19-73-47(89)25-93-55-51(83-21-41(77-81-83)32-14-38(67)49(64)39(68)15-32)53(91)45(23-87)95-57(55)59-75-28(3)79-85(59)43-17-34(62)10-11-35(43)60(69,70)71/h4-17,20-21,44-45,50-57,86-87,90-91H,18-19,22-25H2,1-3H3,(H,72,88)(H,73,89). The van der Waals surface area contributed by atoms with Crippen LogP contribution in [0.15, 0.2) is 97.3 Å². The summed E-state index contributed by atoms with van der Waals surface area (Å²) in [5.41, 5.74) is 0.149. The van der Waals surface area contributed by atoms with E-state index in [1.807, 2.05) is 0 Å². The molecule has 9 aromatic rings. The van der Waals surface area contributed by atoms with Gasteiger partial charge in [0.05, 0.1) is 42.5 Å². The van der Waals surface area contributed by atoms with Crippen LogP contribution >= 0.6 is 46.4 Å². The Labute approximate surface area is 553 Å². The zero-order chi connectivity index (χ0) is 67.9. The molecule has 2 aliphatic heterocycles. The maximum atomic E-state index is 14.7. The number of carbonyl (C=O) groups excluding carboxylic acids is 2. The van der Waals surface area contributed by atoms with Crippen LogP contribution in [-0.4, -0.2) is 155 Å². The zero-order valence-electron chi connectivity index (χ0n) is 49.5. The van der Waals surface area contributed by atoms with Crippen molar-refractivity contribution >= 4 is 58.2 Å². The second kappa shape index (κ2) is 28.3. The van der Waals surface area contributed by atoms with Gasteiger partial charge in [-0.25, -0.2) is 46.3 Å².